The fourth-order valence-electron chi connectivity index (χ4n) is 2.43. The van der Waals surface area contributed by atoms with E-state index in [1.807, 2.05) is 28.8 Å². The highest BCUT2D eigenvalue weighted by atomic mass is 127. The number of rotatable bonds is 11. The number of benzene rings is 1. The average molecular weight is 502 g/mol. The van der Waals surface area contributed by atoms with E-state index in [2.05, 4.69) is 39.7 Å². The van der Waals surface area contributed by atoms with E-state index in [1.165, 1.54) is 5.56 Å². The summed E-state index contributed by atoms with van der Waals surface area (Å²) >= 11 is 0. The standard InChI is InChI=1S/C19H30N6O2.HI/c1-4-18-24-23-15-25(18)12-9-20-19(21-10-13-26-3)22-11-14-27-17-7-5-16(2)6-8-17;/h5-8,15H,4,9-14H2,1-3H3,(H2,20,21,22);1H. The van der Waals surface area contributed by atoms with Crippen LogP contribution in [0.1, 0.15) is 18.3 Å². The largest absolute Gasteiger partial charge is 0.492 e. The summed E-state index contributed by atoms with van der Waals surface area (Å²) in [6.07, 6.45) is 2.62. The lowest BCUT2D eigenvalue weighted by atomic mass is 10.2. The van der Waals surface area contributed by atoms with Crippen LogP contribution in [-0.2, 0) is 17.7 Å². The van der Waals surface area contributed by atoms with Crippen molar-refractivity contribution >= 4 is 29.9 Å². The molecule has 0 saturated carbocycles. The van der Waals surface area contributed by atoms with Crippen molar-refractivity contribution in [2.75, 3.05) is 40.0 Å². The number of aliphatic imine (C=N–C) groups is 1. The molecule has 0 atom stereocenters. The molecule has 0 aliphatic carbocycles. The first kappa shape index (κ1) is 24.2. The Morgan fingerprint density at radius 3 is 2.61 bits per heavy atom. The Balaban J connectivity index is 0.00000392. The van der Waals surface area contributed by atoms with E-state index in [4.69, 9.17) is 9.47 Å². The van der Waals surface area contributed by atoms with Crippen LogP contribution in [0.25, 0.3) is 0 Å². The Kier molecular flexibility index (Phi) is 12.2. The maximum absolute atomic E-state index is 5.74. The van der Waals surface area contributed by atoms with E-state index < -0.39 is 0 Å². The third kappa shape index (κ3) is 8.87. The molecule has 0 aliphatic heterocycles. The number of nitrogens with zero attached hydrogens (tertiary/aromatic N) is 4. The lowest BCUT2D eigenvalue weighted by Crippen LogP contribution is -2.41. The van der Waals surface area contributed by atoms with Crippen molar-refractivity contribution in [2.45, 2.75) is 26.8 Å². The number of halogens is 1. The van der Waals surface area contributed by atoms with Gasteiger partial charge < -0.3 is 24.7 Å². The van der Waals surface area contributed by atoms with Crippen LogP contribution in [0, 0.1) is 6.92 Å². The molecule has 0 bridgehead atoms. The van der Waals surface area contributed by atoms with Gasteiger partial charge in [-0.3, -0.25) is 4.99 Å². The van der Waals surface area contributed by atoms with Gasteiger partial charge in [0.25, 0.3) is 0 Å². The van der Waals surface area contributed by atoms with Crippen molar-refractivity contribution < 1.29 is 9.47 Å². The number of aromatic nitrogens is 3. The average Bonchev–Trinajstić information content (AvgIpc) is 3.14. The Morgan fingerprint density at radius 2 is 1.89 bits per heavy atom. The van der Waals surface area contributed by atoms with Crippen molar-refractivity contribution in [2.24, 2.45) is 4.99 Å². The van der Waals surface area contributed by atoms with Crippen molar-refractivity contribution in [3.05, 3.63) is 42.0 Å². The summed E-state index contributed by atoms with van der Waals surface area (Å²) in [5.41, 5.74) is 1.22. The van der Waals surface area contributed by atoms with Crippen molar-refractivity contribution in [1.29, 1.82) is 0 Å². The predicted octanol–water partition coefficient (Wildman–Crippen LogP) is 2.03. The summed E-state index contributed by atoms with van der Waals surface area (Å²) in [4.78, 5) is 4.50. The molecule has 8 nitrogen and oxygen atoms in total. The van der Waals surface area contributed by atoms with Gasteiger partial charge in [-0.2, -0.15) is 0 Å². The second-order valence-electron chi connectivity index (χ2n) is 6.03. The minimum absolute atomic E-state index is 0. The quantitative estimate of drug-likeness (QED) is 0.212. The van der Waals surface area contributed by atoms with E-state index in [1.54, 1.807) is 13.4 Å². The molecule has 1 aromatic carbocycles. The molecular formula is C19H31IN6O2. The van der Waals surface area contributed by atoms with Gasteiger partial charge in [0, 0.05) is 26.6 Å². The highest BCUT2D eigenvalue weighted by molar-refractivity contribution is 14.0. The third-order valence-corrected chi connectivity index (χ3v) is 3.91. The maximum Gasteiger partial charge on any atom is 0.191 e. The number of nitrogens with one attached hydrogen (secondary N) is 2. The van der Waals surface area contributed by atoms with E-state index in [-0.39, 0.29) is 24.0 Å². The number of hydrogen-bond acceptors (Lipinski definition) is 5. The second kappa shape index (κ2) is 14.2. The monoisotopic (exact) mass is 502 g/mol. The van der Waals surface area contributed by atoms with Gasteiger partial charge >= 0.3 is 0 Å². The molecule has 28 heavy (non-hydrogen) atoms. The van der Waals surface area contributed by atoms with Crippen LogP contribution in [0.3, 0.4) is 0 Å². The molecule has 1 aromatic heterocycles. The molecule has 0 spiro atoms. The van der Waals surface area contributed by atoms with Gasteiger partial charge in [0.15, 0.2) is 5.96 Å². The molecule has 0 amide bonds. The molecule has 0 saturated heterocycles. The van der Waals surface area contributed by atoms with Crippen LogP contribution < -0.4 is 15.4 Å². The SMILES string of the molecule is CCc1nncn1CCNC(=NCCOC)NCCOc1ccc(C)cc1.I. The fourth-order valence-corrected chi connectivity index (χ4v) is 2.43. The van der Waals surface area contributed by atoms with Gasteiger partial charge in [-0.1, -0.05) is 24.6 Å². The van der Waals surface area contributed by atoms with E-state index in [9.17, 15) is 0 Å². The molecule has 2 rings (SSSR count). The lowest BCUT2D eigenvalue weighted by Gasteiger charge is -2.14. The van der Waals surface area contributed by atoms with Crippen molar-refractivity contribution in [1.82, 2.24) is 25.4 Å². The molecule has 9 heteroatoms. The van der Waals surface area contributed by atoms with Gasteiger partial charge in [-0.05, 0) is 19.1 Å². The van der Waals surface area contributed by atoms with Gasteiger partial charge in [-0.25, -0.2) is 0 Å². The summed E-state index contributed by atoms with van der Waals surface area (Å²) in [6, 6.07) is 8.03. The van der Waals surface area contributed by atoms with Gasteiger partial charge in [0.05, 0.1) is 19.7 Å². The zero-order valence-electron chi connectivity index (χ0n) is 16.9. The topological polar surface area (TPSA) is 85.6 Å². The summed E-state index contributed by atoms with van der Waals surface area (Å²) in [6.45, 7) is 8.02. The van der Waals surface area contributed by atoms with Crippen LogP contribution in [0.15, 0.2) is 35.6 Å². The second-order valence-corrected chi connectivity index (χ2v) is 6.03. The molecule has 0 unspecified atom stereocenters. The number of methoxy groups -OCH3 is 1. The van der Waals surface area contributed by atoms with Crippen LogP contribution in [-0.4, -0.2) is 60.7 Å². The lowest BCUT2D eigenvalue weighted by molar-refractivity contribution is 0.208. The van der Waals surface area contributed by atoms with Gasteiger partial charge in [-0.15, -0.1) is 34.2 Å². The van der Waals surface area contributed by atoms with Crippen LogP contribution >= 0.6 is 24.0 Å². The summed E-state index contributed by atoms with van der Waals surface area (Å²) in [5, 5.41) is 14.7. The minimum Gasteiger partial charge on any atom is -0.492 e. The Morgan fingerprint density at radius 1 is 1.14 bits per heavy atom. The van der Waals surface area contributed by atoms with Gasteiger partial charge in [0.2, 0.25) is 0 Å². The Hall–Kier alpha value is -1.88. The number of hydrogen-bond donors (Lipinski definition) is 2. The molecule has 2 aromatic rings. The Labute approximate surface area is 184 Å². The smallest absolute Gasteiger partial charge is 0.191 e. The molecule has 2 N–H and O–H groups in total. The first-order valence-corrected chi connectivity index (χ1v) is 9.30. The molecular weight excluding hydrogens is 471 g/mol. The first-order chi connectivity index (χ1) is 13.2. The fraction of sp³-hybridized carbons (Fsp3) is 0.526. The third-order valence-electron chi connectivity index (χ3n) is 3.91. The first-order valence-electron chi connectivity index (χ1n) is 9.30. The normalized spacial score (nSPS) is 11.0. The number of guanidine groups is 1. The van der Waals surface area contributed by atoms with E-state index in [0.717, 1.165) is 37.0 Å². The minimum atomic E-state index is 0. The van der Waals surface area contributed by atoms with Crippen molar-refractivity contribution in [3.8, 4) is 5.75 Å². The van der Waals surface area contributed by atoms with Gasteiger partial charge in [0.1, 0.15) is 24.5 Å². The highest BCUT2D eigenvalue weighted by Gasteiger charge is 2.03. The van der Waals surface area contributed by atoms with Crippen molar-refractivity contribution in [3.63, 3.8) is 0 Å². The summed E-state index contributed by atoms with van der Waals surface area (Å²) < 4.78 is 12.9. The highest BCUT2D eigenvalue weighted by Crippen LogP contribution is 2.10. The van der Waals surface area contributed by atoms with E-state index in [0.29, 0.717) is 26.3 Å². The summed E-state index contributed by atoms with van der Waals surface area (Å²) in [5.74, 6) is 2.59. The zero-order chi connectivity index (χ0) is 19.3. The molecule has 0 radical (unpaired) electrons. The molecule has 0 fully saturated rings. The predicted molar refractivity (Wildman–Crippen MR) is 122 cm³/mol. The molecule has 0 aliphatic rings. The Bertz CT molecular complexity index is 690. The van der Waals surface area contributed by atoms with E-state index >= 15 is 0 Å². The summed E-state index contributed by atoms with van der Waals surface area (Å²) in [7, 11) is 1.67. The number of ether oxygens (including phenoxy) is 2. The van der Waals surface area contributed by atoms with Crippen LogP contribution in [0.2, 0.25) is 0 Å². The van der Waals surface area contributed by atoms with Crippen LogP contribution in [0.4, 0.5) is 0 Å². The molecule has 1 heterocycles. The number of aryl methyl sites for hydroxylation is 2. The molecule has 156 valence electrons. The maximum atomic E-state index is 5.74. The van der Waals surface area contributed by atoms with Crippen LogP contribution in [0.5, 0.6) is 5.75 Å². The zero-order valence-corrected chi connectivity index (χ0v) is 19.2.